The van der Waals surface area contributed by atoms with E-state index in [9.17, 15) is 19.5 Å². The molecule has 4 heterocycles. The van der Waals surface area contributed by atoms with Crippen molar-refractivity contribution in [2.24, 2.45) is 28.1 Å². The molecule has 3 saturated heterocycles. The van der Waals surface area contributed by atoms with Crippen LogP contribution in [0.2, 0.25) is 0 Å². The van der Waals surface area contributed by atoms with Crippen molar-refractivity contribution in [1.82, 2.24) is 0 Å². The number of cyclic esters (lactones) is 1. The van der Waals surface area contributed by atoms with Gasteiger partial charge in [-0.1, -0.05) is 6.92 Å². The molecule has 1 aromatic rings. The average molecular weight is 503 g/mol. The second kappa shape index (κ2) is 7.20. The van der Waals surface area contributed by atoms with E-state index < -0.39 is 57.7 Å². The Labute approximate surface area is 209 Å². The molecule has 9 nitrogen and oxygen atoms in total. The fourth-order valence-electron chi connectivity index (χ4n) is 8.99. The zero-order valence-corrected chi connectivity index (χ0v) is 21.4. The number of furan rings is 1. The lowest BCUT2D eigenvalue weighted by atomic mass is 9.37. The zero-order chi connectivity index (χ0) is 25.9. The fraction of sp³-hybridized carbons (Fsp3) is 0.741. The highest BCUT2D eigenvalue weighted by molar-refractivity contribution is 5.93. The molecule has 9 heteroatoms. The molecule has 196 valence electrons. The molecule has 5 fully saturated rings. The number of methoxy groups -OCH3 is 1. The van der Waals surface area contributed by atoms with Crippen LogP contribution in [0, 0.1) is 28.1 Å². The number of aliphatic hydroxyl groups excluding tert-OH is 1. The van der Waals surface area contributed by atoms with E-state index in [-0.39, 0.29) is 37.1 Å². The van der Waals surface area contributed by atoms with Crippen molar-refractivity contribution in [2.75, 3.05) is 13.7 Å². The summed E-state index contributed by atoms with van der Waals surface area (Å²) in [5.74, 6) is -1.66. The van der Waals surface area contributed by atoms with Gasteiger partial charge in [-0.05, 0) is 45.6 Å². The monoisotopic (exact) mass is 502 g/mol. The largest absolute Gasteiger partial charge is 0.472 e. The van der Waals surface area contributed by atoms with Crippen LogP contribution in [0.3, 0.4) is 0 Å². The van der Waals surface area contributed by atoms with Crippen LogP contribution in [0.4, 0.5) is 0 Å². The molecule has 1 spiro atoms. The van der Waals surface area contributed by atoms with Gasteiger partial charge in [0, 0.05) is 28.7 Å². The highest BCUT2D eigenvalue weighted by Crippen LogP contribution is 2.79. The first kappa shape index (κ1) is 24.1. The summed E-state index contributed by atoms with van der Waals surface area (Å²) in [5.41, 5.74) is -3.68. The van der Waals surface area contributed by atoms with Gasteiger partial charge in [0.15, 0.2) is 6.10 Å². The van der Waals surface area contributed by atoms with Crippen LogP contribution >= 0.6 is 0 Å². The Hall–Kier alpha value is -2.23. The Balaban J connectivity index is 1.51. The lowest BCUT2D eigenvalue weighted by Gasteiger charge is -2.64. The highest BCUT2D eigenvalue weighted by atomic mass is 16.7. The van der Waals surface area contributed by atoms with Gasteiger partial charge >= 0.3 is 11.9 Å². The van der Waals surface area contributed by atoms with Crippen LogP contribution < -0.4 is 0 Å². The minimum absolute atomic E-state index is 0.00559. The van der Waals surface area contributed by atoms with Crippen LogP contribution in [0.15, 0.2) is 23.0 Å². The Kier molecular flexibility index (Phi) is 4.83. The molecule has 0 radical (unpaired) electrons. The number of hydrogen-bond acceptors (Lipinski definition) is 9. The summed E-state index contributed by atoms with van der Waals surface area (Å²) < 4.78 is 28.7. The van der Waals surface area contributed by atoms with Gasteiger partial charge < -0.3 is 28.5 Å². The molecule has 6 rings (SSSR count). The molecule has 0 amide bonds. The van der Waals surface area contributed by atoms with Crippen LogP contribution in [-0.4, -0.2) is 60.0 Å². The number of Topliss-reactive ketones (excluding diaryl/α,β-unsaturated/α-hetero) is 1. The zero-order valence-electron chi connectivity index (χ0n) is 21.4. The van der Waals surface area contributed by atoms with Crippen molar-refractivity contribution in [1.29, 1.82) is 0 Å². The number of aliphatic hydroxyl groups is 1. The van der Waals surface area contributed by atoms with E-state index in [1.807, 2.05) is 27.7 Å². The average Bonchev–Trinajstić information content (AvgIpc) is 3.29. The third-order valence-electron chi connectivity index (χ3n) is 10.8. The van der Waals surface area contributed by atoms with Crippen molar-refractivity contribution in [3.8, 4) is 0 Å². The third-order valence-corrected chi connectivity index (χ3v) is 10.8. The quantitative estimate of drug-likeness (QED) is 0.489. The predicted octanol–water partition coefficient (Wildman–Crippen LogP) is 2.75. The van der Waals surface area contributed by atoms with Gasteiger partial charge in [0.2, 0.25) is 0 Å². The minimum Gasteiger partial charge on any atom is -0.472 e. The first-order chi connectivity index (χ1) is 16.9. The van der Waals surface area contributed by atoms with Gasteiger partial charge in [0.25, 0.3) is 0 Å². The number of carbonyl (C=O) groups is 3. The number of fused-ring (bicyclic) bond motifs is 3. The maximum atomic E-state index is 14.3. The molecule has 0 aromatic carbocycles. The third kappa shape index (κ3) is 2.54. The van der Waals surface area contributed by atoms with Crippen molar-refractivity contribution < 1.29 is 42.9 Å². The van der Waals surface area contributed by atoms with Crippen LogP contribution in [0.25, 0.3) is 0 Å². The summed E-state index contributed by atoms with van der Waals surface area (Å²) in [4.78, 5) is 39.7. The van der Waals surface area contributed by atoms with Gasteiger partial charge in [-0.2, -0.15) is 0 Å². The highest BCUT2D eigenvalue weighted by Gasteiger charge is 2.89. The van der Waals surface area contributed by atoms with Crippen molar-refractivity contribution >= 4 is 17.7 Å². The second-order valence-electron chi connectivity index (χ2n) is 12.3. The molecule has 2 aliphatic carbocycles. The van der Waals surface area contributed by atoms with E-state index in [0.717, 1.165) is 5.56 Å². The summed E-state index contributed by atoms with van der Waals surface area (Å²) in [5, 5.41) is 11.7. The first-order valence-corrected chi connectivity index (χ1v) is 12.7. The maximum Gasteiger partial charge on any atom is 0.339 e. The van der Waals surface area contributed by atoms with E-state index in [1.54, 1.807) is 18.6 Å². The molecule has 1 N–H and O–H groups in total. The smallest absolute Gasteiger partial charge is 0.339 e. The molecule has 2 saturated carbocycles. The molecule has 36 heavy (non-hydrogen) atoms. The van der Waals surface area contributed by atoms with Gasteiger partial charge in [-0.3, -0.25) is 9.59 Å². The van der Waals surface area contributed by atoms with E-state index in [2.05, 4.69) is 0 Å². The van der Waals surface area contributed by atoms with E-state index in [4.69, 9.17) is 23.4 Å². The Morgan fingerprint density at radius 1 is 1.19 bits per heavy atom. The number of ketones is 1. The first-order valence-electron chi connectivity index (χ1n) is 12.7. The molecule has 0 bridgehead atoms. The standard InChI is InChI=1S/C27H34O9/c1-23(2)16-10-17(28)25(4)15(26(16,13-34-23)18(29)11-19(30)32-5)6-8-24(3)20(14-7-9-33-12-14)35-22(31)21-27(24,25)36-21/h7,9,12,15-16,18,20-21,29H,6,8,10-11,13H2,1-5H3. The van der Waals surface area contributed by atoms with Crippen molar-refractivity contribution in [3.05, 3.63) is 24.2 Å². The molecule has 5 aliphatic rings. The van der Waals surface area contributed by atoms with Crippen LogP contribution in [0.1, 0.15) is 65.0 Å². The van der Waals surface area contributed by atoms with E-state index in [1.165, 1.54) is 7.11 Å². The lowest BCUT2D eigenvalue weighted by Crippen LogP contribution is -2.72. The fourth-order valence-corrected chi connectivity index (χ4v) is 8.99. The van der Waals surface area contributed by atoms with Crippen molar-refractivity contribution in [2.45, 2.75) is 82.9 Å². The number of rotatable bonds is 4. The molecule has 9 atom stereocenters. The van der Waals surface area contributed by atoms with Gasteiger partial charge in [-0.25, -0.2) is 4.79 Å². The van der Waals surface area contributed by atoms with Gasteiger partial charge in [0.1, 0.15) is 17.5 Å². The summed E-state index contributed by atoms with van der Waals surface area (Å²) in [6, 6.07) is 1.78. The second-order valence-corrected chi connectivity index (χ2v) is 12.3. The van der Waals surface area contributed by atoms with Crippen LogP contribution in [0.5, 0.6) is 0 Å². The number of carbonyl (C=O) groups excluding carboxylic acids is 3. The molecule has 1 aromatic heterocycles. The maximum absolute atomic E-state index is 14.3. The molecular weight excluding hydrogens is 468 g/mol. The lowest BCUT2D eigenvalue weighted by molar-refractivity contribution is -0.221. The molecular formula is C27H34O9. The molecule has 3 aliphatic heterocycles. The van der Waals surface area contributed by atoms with Gasteiger partial charge in [-0.15, -0.1) is 0 Å². The number of ether oxygens (including phenoxy) is 4. The number of epoxide rings is 1. The SMILES string of the molecule is COC(=O)CC(O)C12COC(C)(C)C1CC(=O)C1(C)C2CCC2(C)C(c3ccoc3)OC(=O)C3OC321. The summed E-state index contributed by atoms with van der Waals surface area (Å²) in [7, 11) is 1.30. The minimum atomic E-state index is -1.09. The Morgan fingerprint density at radius 3 is 2.61 bits per heavy atom. The topological polar surface area (TPSA) is 125 Å². The summed E-state index contributed by atoms with van der Waals surface area (Å²) in [6.07, 6.45) is 1.70. The Bertz CT molecular complexity index is 1130. The number of esters is 2. The van der Waals surface area contributed by atoms with Gasteiger partial charge in [0.05, 0.1) is 49.8 Å². The van der Waals surface area contributed by atoms with E-state index in [0.29, 0.717) is 12.8 Å². The predicted molar refractivity (Wildman–Crippen MR) is 122 cm³/mol. The van der Waals surface area contributed by atoms with E-state index >= 15 is 0 Å². The van der Waals surface area contributed by atoms with Crippen molar-refractivity contribution in [3.63, 3.8) is 0 Å². The van der Waals surface area contributed by atoms with Crippen LogP contribution in [-0.2, 0) is 33.3 Å². The molecule has 9 unspecified atom stereocenters. The number of hydrogen-bond donors (Lipinski definition) is 1. The summed E-state index contributed by atoms with van der Waals surface area (Å²) >= 11 is 0. The Morgan fingerprint density at radius 2 is 1.94 bits per heavy atom. The summed E-state index contributed by atoms with van der Waals surface area (Å²) in [6.45, 7) is 8.02. The normalized spacial score (nSPS) is 47.1.